The second kappa shape index (κ2) is 5.72. The Labute approximate surface area is 109 Å². The van der Waals surface area contributed by atoms with E-state index in [9.17, 15) is 15.3 Å². The zero-order valence-corrected chi connectivity index (χ0v) is 11.7. The second-order valence-corrected chi connectivity index (χ2v) is 5.94. The number of rotatable bonds is 5. The molecule has 1 rings (SSSR count). The second-order valence-electron chi connectivity index (χ2n) is 5.94. The van der Waals surface area contributed by atoms with E-state index >= 15 is 0 Å². The van der Waals surface area contributed by atoms with E-state index in [1.165, 1.54) is 0 Å². The maximum absolute atomic E-state index is 9.84. The molecular weight excluding hydrogens is 228 g/mol. The van der Waals surface area contributed by atoms with Crippen molar-refractivity contribution >= 4 is 0 Å². The van der Waals surface area contributed by atoms with Crippen molar-refractivity contribution in [1.82, 2.24) is 0 Å². The highest BCUT2D eigenvalue weighted by Crippen LogP contribution is 2.35. The zero-order chi connectivity index (χ0) is 13.9. The molecule has 0 amide bonds. The smallest absolute Gasteiger partial charge is 0.126 e. The third-order valence-electron chi connectivity index (χ3n) is 3.31. The van der Waals surface area contributed by atoms with Gasteiger partial charge in [0.15, 0.2) is 0 Å². The lowest BCUT2D eigenvalue weighted by Gasteiger charge is -2.28. The van der Waals surface area contributed by atoms with Crippen LogP contribution in [-0.4, -0.2) is 15.3 Å². The lowest BCUT2D eigenvalue weighted by atomic mass is 9.77. The van der Waals surface area contributed by atoms with Gasteiger partial charge in [0, 0.05) is 11.1 Å². The molecule has 0 aromatic heterocycles. The zero-order valence-electron chi connectivity index (χ0n) is 11.7. The van der Waals surface area contributed by atoms with E-state index < -0.39 is 0 Å². The summed E-state index contributed by atoms with van der Waals surface area (Å²) < 4.78 is 0. The summed E-state index contributed by atoms with van der Waals surface area (Å²) in [7, 11) is 0. The predicted octanol–water partition coefficient (Wildman–Crippen LogP) is 2.70. The Balaban J connectivity index is 3.24. The van der Waals surface area contributed by atoms with Gasteiger partial charge in [0.25, 0.3) is 0 Å². The molecule has 1 aromatic rings. The molecule has 3 N–H and O–H groups in total. The number of hydrogen-bond acceptors (Lipinski definition) is 3. The van der Waals surface area contributed by atoms with Crippen LogP contribution in [0.1, 0.15) is 50.8 Å². The van der Waals surface area contributed by atoms with Gasteiger partial charge in [0.2, 0.25) is 0 Å². The summed E-state index contributed by atoms with van der Waals surface area (Å²) in [6.45, 7) is 8.18. The van der Waals surface area contributed by atoms with Crippen LogP contribution >= 0.6 is 0 Å². The van der Waals surface area contributed by atoms with E-state index in [1.54, 1.807) is 0 Å². The predicted molar refractivity (Wildman–Crippen MR) is 72.4 cm³/mol. The largest absolute Gasteiger partial charge is 0.507 e. The summed E-state index contributed by atoms with van der Waals surface area (Å²) in [5.74, 6) is 0.563. The van der Waals surface area contributed by atoms with Crippen LogP contribution in [0.4, 0.5) is 0 Å². The number of aliphatic hydroxyl groups is 2. The molecule has 0 saturated heterocycles. The van der Waals surface area contributed by atoms with E-state index in [-0.39, 0.29) is 24.4 Å². The minimum absolute atomic E-state index is 0.00379. The first-order valence-corrected chi connectivity index (χ1v) is 6.38. The molecule has 0 aliphatic carbocycles. The van der Waals surface area contributed by atoms with Crippen molar-refractivity contribution in [1.29, 1.82) is 0 Å². The van der Waals surface area contributed by atoms with Crippen molar-refractivity contribution < 1.29 is 15.3 Å². The molecule has 0 unspecified atom stereocenters. The number of benzene rings is 1. The van der Waals surface area contributed by atoms with Crippen LogP contribution in [0.15, 0.2) is 12.1 Å². The van der Waals surface area contributed by atoms with Crippen LogP contribution < -0.4 is 0 Å². The van der Waals surface area contributed by atoms with Crippen LogP contribution in [0.25, 0.3) is 0 Å². The Bertz CT molecular complexity index is 383. The third kappa shape index (κ3) is 3.24. The first-order chi connectivity index (χ1) is 8.31. The number of phenols is 1. The maximum Gasteiger partial charge on any atom is 0.126 e. The van der Waals surface area contributed by atoms with Crippen LogP contribution in [0.5, 0.6) is 5.75 Å². The summed E-state index contributed by atoms with van der Waals surface area (Å²) in [6.07, 6.45) is 1.01. The lowest BCUT2D eigenvalue weighted by molar-refractivity contribution is 0.262. The van der Waals surface area contributed by atoms with Gasteiger partial charge < -0.3 is 15.3 Å². The fourth-order valence-electron chi connectivity index (χ4n) is 2.53. The van der Waals surface area contributed by atoms with E-state index in [1.807, 2.05) is 12.1 Å². The SMILES string of the molecule is CC(C)CC(C)(C)c1cc(CO)c(O)c(CO)c1. The van der Waals surface area contributed by atoms with Crippen LogP contribution in [0.3, 0.4) is 0 Å². The van der Waals surface area contributed by atoms with Gasteiger partial charge in [0.1, 0.15) is 5.75 Å². The van der Waals surface area contributed by atoms with Crippen LogP contribution in [-0.2, 0) is 18.6 Å². The Morgan fingerprint density at radius 1 is 1.06 bits per heavy atom. The highest BCUT2D eigenvalue weighted by molar-refractivity contribution is 5.45. The summed E-state index contributed by atoms with van der Waals surface area (Å²) in [5.41, 5.74) is 1.96. The fourth-order valence-corrected chi connectivity index (χ4v) is 2.53. The molecule has 18 heavy (non-hydrogen) atoms. The molecule has 0 fully saturated rings. The molecule has 0 bridgehead atoms. The highest BCUT2D eigenvalue weighted by atomic mass is 16.3. The van der Waals surface area contributed by atoms with Gasteiger partial charge in [-0.05, 0) is 35.4 Å². The normalized spacial score (nSPS) is 12.2. The van der Waals surface area contributed by atoms with Gasteiger partial charge in [-0.15, -0.1) is 0 Å². The van der Waals surface area contributed by atoms with Crippen molar-refractivity contribution in [3.8, 4) is 5.75 Å². The van der Waals surface area contributed by atoms with Gasteiger partial charge in [0.05, 0.1) is 13.2 Å². The molecule has 3 heteroatoms. The quantitative estimate of drug-likeness (QED) is 0.755. The summed E-state index contributed by atoms with van der Waals surface area (Å²) in [5, 5.41) is 28.4. The average Bonchev–Trinajstić information content (AvgIpc) is 2.27. The van der Waals surface area contributed by atoms with Gasteiger partial charge in [-0.3, -0.25) is 0 Å². The van der Waals surface area contributed by atoms with Crippen molar-refractivity contribution in [2.45, 2.75) is 52.7 Å². The first kappa shape index (κ1) is 15.0. The molecule has 1 aromatic carbocycles. The van der Waals surface area contributed by atoms with E-state index in [0.29, 0.717) is 17.0 Å². The monoisotopic (exact) mass is 252 g/mol. The number of hydrogen-bond donors (Lipinski definition) is 3. The van der Waals surface area contributed by atoms with Crippen molar-refractivity contribution in [2.75, 3.05) is 0 Å². The molecule has 0 aliphatic rings. The minimum atomic E-state index is -0.218. The Hall–Kier alpha value is -1.06. The third-order valence-corrected chi connectivity index (χ3v) is 3.31. The Morgan fingerprint density at radius 2 is 1.50 bits per heavy atom. The highest BCUT2D eigenvalue weighted by Gasteiger charge is 2.24. The lowest BCUT2D eigenvalue weighted by Crippen LogP contribution is -2.20. The van der Waals surface area contributed by atoms with E-state index in [4.69, 9.17) is 0 Å². The molecule has 0 heterocycles. The molecule has 102 valence electrons. The number of aliphatic hydroxyl groups excluding tert-OH is 2. The summed E-state index contributed by atoms with van der Waals surface area (Å²) in [4.78, 5) is 0. The average molecular weight is 252 g/mol. The van der Waals surface area contributed by atoms with Gasteiger partial charge in [-0.1, -0.05) is 27.7 Å². The van der Waals surface area contributed by atoms with Crippen LogP contribution in [0.2, 0.25) is 0 Å². The fraction of sp³-hybridized carbons (Fsp3) is 0.600. The topological polar surface area (TPSA) is 60.7 Å². The van der Waals surface area contributed by atoms with Gasteiger partial charge in [-0.2, -0.15) is 0 Å². The Morgan fingerprint density at radius 3 is 1.83 bits per heavy atom. The maximum atomic E-state index is 9.84. The molecule has 0 spiro atoms. The van der Waals surface area contributed by atoms with Crippen molar-refractivity contribution in [2.24, 2.45) is 5.92 Å². The van der Waals surface area contributed by atoms with Crippen molar-refractivity contribution in [3.05, 3.63) is 28.8 Å². The first-order valence-electron chi connectivity index (χ1n) is 6.38. The molecular formula is C15H24O3. The number of aromatic hydroxyl groups is 1. The molecule has 0 radical (unpaired) electrons. The molecule has 0 atom stereocenters. The van der Waals surface area contributed by atoms with E-state index in [2.05, 4.69) is 27.7 Å². The van der Waals surface area contributed by atoms with Gasteiger partial charge in [-0.25, -0.2) is 0 Å². The summed E-state index contributed by atoms with van der Waals surface area (Å²) >= 11 is 0. The Kier molecular flexibility index (Phi) is 4.77. The van der Waals surface area contributed by atoms with E-state index in [0.717, 1.165) is 12.0 Å². The van der Waals surface area contributed by atoms with Gasteiger partial charge >= 0.3 is 0 Å². The van der Waals surface area contributed by atoms with Crippen molar-refractivity contribution in [3.63, 3.8) is 0 Å². The standard InChI is InChI=1S/C15H24O3/c1-10(2)7-15(3,4)13-5-11(8-16)14(18)12(6-13)9-17/h5-6,10,16-18H,7-9H2,1-4H3. The minimum Gasteiger partial charge on any atom is -0.507 e. The molecule has 0 saturated carbocycles. The molecule has 0 aliphatic heterocycles. The van der Waals surface area contributed by atoms with Crippen LogP contribution in [0, 0.1) is 5.92 Å². The molecule has 3 nitrogen and oxygen atoms in total. The summed E-state index contributed by atoms with van der Waals surface area (Å²) in [6, 6.07) is 3.66.